The van der Waals surface area contributed by atoms with Gasteiger partial charge in [0.25, 0.3) is 0 Å². The molecule has 0 bridgehead atoms. The van der Waals surface area contributed by atoms with E-state index in [2.05, 4.69) is 320 Å². The minimum atomic E-state index is 0.129. The van der Waals surface area contributed by atoms with E-state index in [0.717, 1.165) is 153 Å². The van der Waals surface area contributed by atoms with Crippen LogP contribution in [-0.4, -0.2) is 311 Å². The number of hydrogen-bond donors (Lipinski definition) is 2. The number of carbonyl (C=O) groups excluding carboxylic acids is 1. The minimum absolute atomic E-state index is 0.129. The van der Waals surface area contributed by atoms with Crippen molar-refractivity contribution in [3.05, 3.63) is 23.1 Å². The van der Waals surface area contributed by atoms with E-state index in [9.17, 15) is 4.79 Å². The first-order valence-electron chi connectivity index (χ1n) is 62.3. The lowest BCUT2D eigenvalue weighted by molar-refractivity contribution is -0.209. The van der Waals surface area contributed by atoms with Gasteiger partial charge in [0.15, 0.2) is 0 Å². The molecule has 1 amide bonds. The molecule has 7 saturated carbocycles. The van der Waals surface area contributed by atoms with Crippen molar-refractivity contribution in [3.63, 3.8) is 0 Å². The second-order valence-corrected chi connectivity index (χ2v) is 64.3. The number of carbonyl (C=O) groups is 1. The molecule has 0 spiro atoms. The number of nitrogens with zero attached hydrogens (tertiary/aromatic N) is 11. The molecule has 8 aliphatic carbocycles. The molecule has 24 aliphatic rings. The highest BCUT2D eigenvalue weighted by molar-refractivity contribution is 5.80. The van der Waals surface area contributed by atoms with Crippen LogP contribution in [-0.2, 0) is 19.0 Å². The Morgan fingerprint density at radius 1 is 0.315 bits per heavy atom. The summed E-state index contributed by atoms with van der Waals surface area (Å²) < 4.78 is 16.6. The Bertz CT molecular complexity index is 3900. The maximum Gasteiger partial charge on any atom is 0.237 e. The standard InChI is InChI=1S/C13H25N.C12H23N.C11H20N2O.C11H22N2.C11H21NO.C11H21N.C11H19N.C11H21N.C10H19N.C10H18O.C9H15NO.C9H17N/c1-13(2,3)14-9-5-8-11-6-4-7-12(11)10-14;1-12(2,3)11-6-9-4-5-13-8-10(9)7-11;1-11(2,3)12-7-9-5-4-6-13(9)10(14)8-12;1-11(2,3)13-8-7-12-6-4-5-10(12)9-13;1-11(2,3)9-6-10-8-13-5-4-12(10)7-9;1-11(2,3)12-7-6-9-4-5-10(9)8-12;1-11(2,3)12-7-9-5-4-6-10(9)8-12;1-11(2,3)10-9-6-4-5-8(9)7-12-10;1-10(2,3)11-5-4-8-6-9(8)7-11;1-10(2,3)9-7-5-4-6-8(7)11-9;1-9(2,3)10-4-7-6-11-8(7)5-10;1-9(2,3)10-5-7-4-8(7)6-10/h11-12H,4-10H2,1-3H3;9-11,13H,4-8H2,1-3H3;9H,4-8H2,1-3H3;10H,4-9H2,1-3H3;9-10H,4-8H2,1-3H3;9-10H,4-8H2,1-3H3;4-8H2,1-3H3;8-10,12H,4-7H2,1-3H3;8-9H,4-7H2,1-3H3;7-9H,4-6H2,1-3H3;5,7H,4,6H2,1-3H3;7-8H,4-6H2,1-3H3. The van der Waals surface area contributed by atoms with Gasteiger partial charge in [-0.3, -0.25) is 48.9 Å². The number of morpholine rings is 1. The number of hydrogen-bond acceptors (Lipinski definition) is 16. The monoisotopic (exact) mass is 2040 g/mol. The largest absolute Gasteiger partial charge is 0.495 e. The first-order chi connectivity index (χ1) is 67.8. The molecule has 21 fully saturated rings. The summed E-state index contributed by atoms with van der Waals surface area (Å²) in [5.74, 6) is 17.6. The predicted octanol–water partition coefficient (Wildman–Crippen LogP) is 25.9. The van der Waals surface area contributed by atoms with E-state index in [1.807, 2.05) is 0 Å². The van der Waals surface area contributed by atoms with Crippen LogP contribution in [0.1, 0.15) is 429 Å². The van der Waals surface area contributed by atoms with Crippen molar-refractivity contribution < 1.29 is 19.0 Å². The van der Waals surface area contributed by atoms with Crippen molar-refractivity contribution in [2.45, 2.75) is 510 Å². The van der Waals surface area contributed by atoms with Gasteiger partial charge in [-0.05, 0) is 471 Å². The van der Waals surface area contributed by atoms with Gasteiger partial charge in [-0.25, -0.2) is 0 Å². The van der Waals surface area contributed by atoms with Crippen LogP contribution in [0, 0.1) is 116 Å². The van der Waals surface area contributed by atoms with E-state index in [0.29, 0.717) is 91.5 Å². The quantitative estimate of drug-likeness (QED) is 0.225. The second-order valence-electron chi connectivity index (χ2n) is 64.3. The van der Waals surface area contributed by atoms with E-state index >= 15 is 0 Å². The summed E-state index contributed by atoms with van der Waals surface area (Å²) >= 11 is 0. The zero-order chi connectivity index (χ0) is 107. The number of nitrogens with one attached hydrogen (secondary N) is 2. The van der Waals surface area contributed by atoms with E-state index in [4.69, 9.17) is 14.2 Å². The van der Waals surface area contributed by atoms with Crippen LogP contribution in [0.4, 0.5) is 0 Å². The third kappa shape index (κ3) is 34.1. The lowest BCUT2D eigenvalue weighted by Crippen LogP contribution is -2.58. The Morgan fingerprint density at radius 3 is 1.34 bits per heavy atom. The normalized spacial score (nSPS) is 35.5. The zero-order valence-electron chi connectivity index (χ0n) is 103. The minimum Gasteiger partial charge on any atom is -0.495 e. The van der Waals surface area contributed by atoms with Crippen LogP contribution < -0.4 is 10.6 Å². The molecule has 146 heavy (non-hydrogen) atoms. The third-order valence-electron chi connectivity index (χ3n) is 41.2. The van der Waals surface area contributed by atoms with Crippen molar-refractivity contribution in [2.24, 2.45) is 116 Å². The van der Waals surface area contributed by atoms with Gasteiger partial charge < -0.3 is 34.6 Å². The summed E-state index contributed by atoms with van der Waals surface area (Å²) in [7, 11) is 0. The Morgan fingerprint density at radius 2 is 0.808 bits per heavy atom. The molecule has 16 aliphatic heterocycles. The number of rotatable bonds is 0. The summed E-state index contributed by atoms with van der Waals surface area (Å²) in [4.78, 5) is 39.7. The second kappa shape index (κ2) is 49.7. The topological polar surface area (TPSA) is 104 Å². The first-order valence-corrected chi connectivity index (χ1v) is 62.3. The number of piperidine rings is 4. The average Bonchev–Trinajstić information content (AvgIpc) is 1.58. The molecule has 22 atom stereocenters. The highest BCUT2D eigenvalue weighted by atomic mass is 16.5. The van der Waals surface area contributed by atoms with Gasteiger partial charge >= 0.3 is 0 Å². The van der Waals surface area contributed by atoms with E-state index in [1.165, 1.54) is 303 Å². The molecule has 14 saturated heterocycles. The summed E-state index contributed by atoms with van der Waals surface area (Å²) in [5.41, 5.74) is 8.09. The highest BCUT2D eigenvalue weighted by Crippen LogP contribution is 2.53. The predicted molar refractivity (Wildman–Crippen MR) is 620 cm³/mol. The Balaban J connectivity index is 0.000000133. The fourth-order valence-corrected chi connectivity index (χ4v) is 29.9. The van der Waals surface area contributed by atoms with Crippen molar-refractivity contribution in [1.29, 1.82) is 0 Å². The van der Waals surface area contributed by atoms with E-state index in [-0.39, 0.29) is 11.1 Å². The van der Waals surface area contributed by atoms with Crippen molar-refractivity contribution in [2.75, 3.05) is 170 Å². The molecule has 0 aromatic rings. The van der Waals surface area contributed by atoms with Gasteiger partial charge in [0.1, 0.15) is 5.76 Å². The molecule has 2 N–H and O–H groups in total. The summed E-state index contributed by atoms with van der Waals surface area (Å²) in [6.07, 6.45) is 43.4. The molecule has 17 heteroatoms. The Labute approximate surface area is 903 Å². The Hall–Kier alpha value is -1.97. The van der Waals surface area contributed by atoms with Crippen molar-refractivity contribution in [3.8, 4) is 0 Å². The molecule has 22 unspecified atom stereocenters. The number of fused-ring (bicyclic) bond motifs is 11. The van der Waals surface area contributed by atoms with Gasteiger partial charge in [0, 0.05) is 179 Å². The maximum atomic E-state index is 11.8. The summed E-state index contributed by atoms with van der Waals surface area (Å²) in [6.45, 7) is 115. The third-order valence-corrected chi connectivity index (χ3v) is 41.2. The Kier molecular flexibility index (Phi) is 41.2. The smallest absolute Gasteiger partial charge is 0.237 e. The molecule has 17 nitrogen and oxygen atoms in total. The number of piperazine rings is 2. The number of likely N-dealkylation sites (tertiary alicyclic amines) is 5. The van der Waals surface area contributed by atoms with Crippen LogP contribution in [0.5, 0.6) is 0 Å². The summed E-state index contributed by atoms with van der Waals surface area (Å²) in [5, 5.41) is 7.23. The van der Waals surface area contributed by atoms with E-state index in [1.54, 1.807) is 11.1 Å². The first kappa shape index (κ1) is 121. The lowest BCUT2D eigenvalue weighted by atomic mass is 9.69. The van der Waals surface area contributed by atoms with Gasteiger partial charge in [0.05, 0.1) is 44.5 Å². The fraction of sp³-hybridized carbons (Fsp3) is 0.961. The van der Waals surface area contributed by atoms with Crippen LogP contribution in [0.15, 0.2) is 23.1 Å². The van der Waals surface area contributed by atoms with Crippen LogP contribution >= 0.6 is 0 Å². The number of amides is 1. The molecule has 0 aromatic heterocycles. The van der Waals surface area contributed by atoms with Crippen molar-refractivity contribution in [1.82, 2.24) is 64.5 Å². The van der Waals surface area contributed by atoms with Gasteiger partial charge in [-0.15, -0.1) is 0 Å². The molecule has 0 radical (unpaired) electrons. The van der Waals surface area contributed by atoms with Crippen molar-refractivity contribution >= 4 is 5.91 Å². The SMILES string of the molecule is CC(C)(C)C1CC2CCNCC2C1.CC(C)(C)C1CC2COCCN2C1.CC(C)(C)C1NCC2CCCC21.CC(C)(C)C1OC2CCCC21.CC(C)(C)N1C=C2OCC2C1.CC(C)(C)N1CC(=O)N2CCCC2C1.CC(C)(C)N1CC2=C(CCC2)C1.CC(C)(C)N1CC2CC2C1.CC(C)(C)N1CCC2CC2C1.CC(C)(C)N1CCC2CCC2C1.CC(C)(C)N1CCCC2CCCC2C1.CC(C)(C)N1CCN2CCCC2C1. The van der Waals surface area contributed by atoms with Crippen LogP contribution in [0.25, 0.3) is 0 Å². The molecule has 0 aromatic carbocycles. The van der Waals surface area contributed by atoms with Crippen LogP contribution in [0.3, 0.4) is 0 Å². The molecule has 846 valence electrons. The lowest BCUT2D eigenvalue weighted by Gasteiger charge is -2.49. The molecule has 24 rings (SSSR count). The fourth-order valence-electron chi connectivity index (χ4n) is 29.9. The van der Waals surface area contributed by atoms with Gasteiger partial charge in [-0.2, -0.15) is 0 Å². The average molecular weight is 2040 g/mol. The summed E-state index contributed by atoms with van der Waals surface area (Å²) in [6, 6.07) is 2.87. The molecular formula is C129H241N13O4. The van der Waals surface area contributed by atoms with Crippen LogP contribution in [0.2, 0.25) is 0 Å². The van der Waals surface area contributed by atoms with Gasteiger partial charge in [0.2, 0.25) is 5.91 Å². The van der Waals surface area contributed by atoms with E-state index < -0.39 is 0 Å². The number of ether oxygens (including phenoxy) is 3. The highest BCUT2D eigenvalue weighted by Gasteiger charge is 2.53. The van der Waals surface area contributed by atoms with Gasteiger partial charge in [-0.1, -0.05) is 120 Å². The zero-order valence-corrected chi connectivity index (χ0v) is 103. The molecule has 16 heterocycles. The molecular weight excluding hydrogens is 1800 g/mol. The maximum absolute atomic E-state index is 11.8.